The number of aliphatic hydroxyl groups is 1. The molecule has 0 aromatic carbocycles. The maximum atomic E-state index is 12.6. The van der Waals surface area contributed by atoms with E-state index in [2.05, 4.69) is 26.2 Å². The molecular weight excluding hydrogens is 270 g/mol. The van der Waals surface area contributed by atoms with Crippen LogP contribution in [0.3, 0.4) is 0 Å². The average Bonchev–Trinajstić information content (AvgIpc) is 2.21. The van der Waals surface area contributed by atoms with E-state index in [-0.39, 0.29) is 6.54 Å². The first-order valence-electron chi connectivity index (χ1n) is 4.33. The molecule has 3 nitrogen and oxygen atoms in total. The van der Waals surface area contributed by atoms with E-state index in [0.29, 0.717) is 5.69 Å². The van der Waals surface area contributed by atoms with Crippen LogP contribution in [-0.2, 0) is 6.54 Å². The molecule has 0 bridgehead atoms. The Bertz CT molecular complexity index is 305. The van der Waals surface area contributed by atoms with Gasteiger partial charge in [-0.1, -0.05) is 0 Å². The molecule has 2 N–H and O–H groups in total. The monoisotopic (exact) mass is 280 g/mol. The average molecular weight is 281 g/mol. The third kappa shape index (κ3) is 4.63. The number of halogens is 3. The topological polar surface area (TPSA) is 45.1 Å². The van der Waals surface area contributed by atoms with E-state index in [4.69, 9.17) is 5.11 Å². The van der Waals surface area contributed by atoms with Crippen molar-refractivity contribution >= 4 is 15.9 Å². The molecule has 1 rings (SSSR count). The third-order valence-corrected chi connectivity index (χ3v) is 2.18. The van der Waals surface area contributed by atoms with Crippen LogP contribution >= 0.6 is 15.9 Å². The molecule has 0 radical (unpaired) electrons. The summed E-state index contributed by atoms with van der Waals surface area (Å²) in [6, 6.07) is 3.52. The number of nitrogens with one attached hydrogen (secondary N) is 1. The number of aliphatic hydroxyl groups excluding tert-OH is 1. The molecule has 1 aromatic heterocycles. The second kappa shape index (κ2) is 5.48. The zero-order valence-corrected chi connectivity index (χ0v) is 9.47. The van der Waals surface area contributed by atoms with Crippen molar-refractivity contribution in [2.45, 2.75) is 12.5 Å². The van der Waals surface area contributed by atoms with Crippen LogP contribution in [0.4, 0.5) is 8.78 Å². The normalized spacial score (nSPS) is 11.7. The lowest BCUT2D eigenvalue weighted by Gasteiger charge is -2.13. The van der Waals surface area contributed by atoms with E-state index >= 15 is 0 Å². The minimum absolute atomic E-state index is 0.253. The molecule has 0 saturated heterocycles. The molecule has 0 aliphatic heterocycles. The molecule has 0 spiro atoms. The Kier molecular flexibility index (Phi) is 4.56. The Morgan fingerprint density at radius 1 is 1.47 bits per heavy atom. The van der Waals surface area contributed by atoms with Crippen LogP contribution in [0.1, 0.15) is 5.69 Å². The fourth-order valence-electron chi connectivity index (χ4n) is 0.940. The molecule has 0 amide bonds. The summed E-state index contributed by atoms with van der Waals surface area (Å²) in [5.41, 5.74) is 0.673. The van der Waals surface area contributed by atoms with Crippen LogP contribution in [0.2, 0.25) is 0 Å². The summed E-state index contributed by atoms with van der Waals surface area (Å²) >= 11 is 3.22. The van der Waals surface area contributed by atoms with E-state index in [1.807, 2.05) is 0 Å². The first-order chi connectivity index (χ1) is 7.03. The van der Waals surface area contributed by atoms with E-state index in [9.17, 15) is 8.78 Å². The SMILES string of the molecule is OCC(F)(F)CNCc1ccc(Br)cn1. The number of pyridine rings is 1. The molecule has 6 heteroatoms. The van der Waals surface area contributed by atoms with Gasteiger partial charge in [0.15, 0.2) is 0 Å². The Morgan fingerprint density at radius 2 is 2.20 bits per heavy atom. The zero-order chi connectivity index (χ0) is 11.3. The van der Waals surface area contributed by atoms with Gasteiger partial charge in [0.2, 0.25) is 0 Å². The first kappa shape index (κ1) is 12.5. The smallest absolute Gasteiger partial charge is 0.282 e. The predicted molar refractivity (Wildman–Crippen MR) is 55.7 cm³/mol. The number of hydrogen-bond donors (Lipinski definition) is 2. The highest BCUT2D eigenvalue weighted by atomic mass is 79.9. The van der Waals surface area contributed by atoms with Crippen molar-refractivity contribution in [2.75, 3.05) is 13.2 Å². The van der Waals surface area contributed by atoms with Gasteiger partial charge >= 0.3 is 0 Å². The summed E-state index contributed by atoms with van der Waals surface area (Å²) in [6.07, 6.45) is 1.60. The quantitative estimate of drug-likeness (QED) is 0.861. The van der Waals surface area contributed by atoms with Crippen molar-refractivity contribution in [1.82, 2.24) is 10.3 Å². The summed E-state index contributed by atoms with van der Waals surface area (Å²) in [7, 11) is 0. The van der Waals surface area contributed by atoms with Gasteiger partial charge in [-0.05, 0) is 28.1 Å². The highest BCUT2D eigenvalue weighted by molar-refractivity contribution is 9.10. The Hall–Kier alpha value is -0.590. The molecule has 84 valence electrons. The van der Waals surface area contributed by atoms with Gasteiger partial charge < -0.3 is 10.4 Å². The Balaban J connectivity index is 2.35. The van der Waals surface area contributed by atoms with Gasteiger partial charge in [0.05, 0.1) is 12.2 Å². The van der Waals surface area contributed by atoms with E-state index in [1.54, 1.807) is 18.3 Å². The predicted octanol–water partition coefficient (Wildman–Crippen LogP) is 1.56. The molecule has 0 saturated carbocycles. The van der Waals surface area contributed by atoms with Crippen molar-refractivity contribution in [1.29, 1.82) is 0 Å². The molecule has 0 atom stereocenters. The number of aromatic nitrogens is 1. The minimum Gasteiger partial charge on any atom is -0.390 e. The summed E-state index contributed by atoms with van der Waals surface area (Å²) in [4.78, 5) is 4.01. The first-order valence-corrected chi connectivity index (χ1v) is 5.13. The molecule has 0 aliphatic rings. The van der Waals surface area contributed by atoms with Gasteiger partial charge in [-0.15, -0.1) is 0 Å². The van der Waals surface area contributed by atoms with Gasteiger partial charge in [0.25, 0.3) is 5.92 Å². The summed E-state index contributed by atoms with van der Waals surface area (Å²) in [5.74, 6) is -3.07. The Labute approximate surface area is 94.7 Å². The minimum atomic E-state index is -3.07. The lowest BCUT2D eigenvalue weighted by atomic mass is 10.3. The van der Waals surface area contributed by atoms with Crippen molar-refractivity contribution in [3.05, 3.63) is 28.5 Å². The van der Waals surface area contributed by atoms with Crippen LogP contribution in [0, 0.1) is 0 Å². The largest absolute Gasteiger partial charge is 0.390 e. The maximum Gasteiger partial charge on any atom is 0.282 e. The van der Waals surface area contributed by atoms with Gasteiger partial charge in [-0.2, -0.15) is 0 Å². The van der Waals surface area contributed by atoms with Gasteiger partial charge in [0, 0.05) is 17.2 Å². The van der Waals surface area contributed by atoms with Gasteiger partial charge in [0.1, 0.15) is 6.61 Å². The van der Waals surface area contributed by atoms with E-state index in [0.717, 1.165) is 4.47 Å². The number of hydrogen-bond acceptors (Lipinski definition) is 3. The van der Waals surface area contributed by atoms with Crippen molar-refractivity contribution in [3.8, 4) is 0 Å². The zero-order valence-electron chi connectivity index (χ0n) is 7.88. The van der Waals surface area contributed by atoms with Crippen LogP contribution in [0.25, 0.3) is 0 Å². The third-order valence-electron chi connectivity index (χ3n) is 1.71. The highest BCUT2D eigenvalue weighted by Gasteiger charge is 2.26. The van der Waals surface area contributed by atoms with Crippen molar-refractivity contribution < 1.29 is 13.9 Å². The maximum absolute atomic E-state index is 12.6. The second-order valence-corrected chi connectivity index (χ2v) is 4.00. The van der Waals surface area contributed by atoms with Crippen LogP contribution in [-0.4, -0.2) is 29.2 Å². The summed E-state index contributed by atoms with van der Waals surface area (Å²) in [5, 5.41) is 10.8. The molecule has 1 aromatic rings. The van der Waals surface area contributed by atoms with Crippen molar-refractivity contribution in [3.63, 3.8) is 0 Å². The van der Waals surface area contributed by atoms with Gasteiger partial charge in [-0.3, -0.25) is 4.98 Å². The number of alkyl halides is 2. The molecule has 1 heterocycles. The van der Waals surface area contributed by atoms with Crippen LogP contribution in [0.15, 0.2) is 22.8 Å². The molecule has 0 unspecified atom stereocenters. The summed E-state index contributed by atoms with van der Waals surface area (Å²) in [6.45, 7) is -1.45. The number of rotatable bonds is 5. The molecule has 15 heavy (non-hydrogen) atoms. The Morgan fingerprint density at radius 3 is 2.73 bits per heavy atom. The highest BCUT2D eigenvalue weighted by Crippen LogP contribution is 2.10. The van der Waals surface area contributed by atoms with Crippen molar-refractivity contribution in [2.24, 2.45) is 0 Å². The fraction of sp³-hybridized carbons (Fsp3) is 0.444. The molecular formula is C9H11BrF2N2O. The lowest BCUT2D eigenvalue weighted by Crippen LogP contribution is -2.35. The summed E-state index contributed by atoms with van der Waals surface area (Å²) < 4.78 is 26.0. The standard InChI is InChI=1S/C9H11BrF2N2O/c10-7-1-2-8(14-3-7)4-13-5-9(11,12)6-15/h1-3,13,15H,4-6H2. The molecule has 0 aliphatic carbocycles. The van der Waals surface area contributed by atoms with Gasteiger partial charge in [-0.25, -0.2) is 8.78 Å². The molecule has 0 fully saturated rings. The fourth-order valence-corrected chi connectivity index (χ4v) is 1.17. The number of nitrogens with zero attached hydrogens (tertiary/aromatic N) is 1. The second-order valence-electron chi connectivity index (χ2n) is 3.09. The van der Waals surface area contributed by atoms with E-state index in [1.165, 1.54) is 0 Å². The van der Waals surface area contributed by atoms with Crippen LogP contribution in [0.5, 0.6) is 0 Å². The van der Waals surface area contributed by atoms with E-state index < -0.39 is 19.1 Å². The lowest BCUT2D eigenvalue weighted by molar-refractivity contribution is -0.0478. The van der Waals surface area contributed by atoms with Crippen LogP contribution < -0.4 is 5.32 Å².